The average Bonchev–Trinajstić information content (AvgIpc) is 3.59. The van der Waals surface area contributed by atoms with Gasteiger partial charge in [-0.1, -0.05) is 49.7 Å². The predicted molar refractivity (Wildman–Crippen MR) is 144 cm³/mol. The van der Waals surface area contributed by atoms with E-state index >= 15 is 0 Å². The molecule has 0 aliphatic carbocycles. The van der Waals surface area contributed by atoms with Gasteiger partial charge < -0.3 is 14.8 Å². The zero-order valence-electron chi connectivity index (χ0n) is 21.1. The van der Waals surface area contributed by atoms with Gasteiger partial charge in [0.2, 0.25) is 5.91 Å². The Kier molecular flexibility index (Phi) is 8.89. The normalized spacial score (nSPS) is 11.6. The highest BCUT2D eigenvalue weighted by atomic mass is 32.1. The van der Waals surface area contributed by atoms with Gasteiger partial charge >= 0.3 is 6.18 Å². The lowest BCUT2D eigenvalue weighted by Gasteiger charge is -2.28. The van der Waals surface area contributed by atoms with Crippen LogP contribution in [-0.2, 0) is 23.9 Å². The fourth-order valence-electron chi connectivity index (χ4n) is 4.33. The topological polar surface area (TPSA) is 56.4 Å². The van der Waals surface area contributed by atoms with E-state index in [2.05, 4.69) is 4.98 Å². The molecule has 0 spiro atoms. The van der Waals surface area contributed by atoms with Crippen LogP contribution in [0.2, 0.25) is 0 Å². The van der Waals surface area contributed by atoms with E-state index in [1.54, 1.807) is 21.9 Å². The smallest absolute Gasteiger partial charge is 0.361 e. The minimum Gasteiger partial charge on any atom is -0.361 e. The van der Waals surface area contributed by atoms with Crippen LogP contribution < -0.4 is 0 Å². The molecule has 0 radical (unpaired) electrons. The summed E-state index contributed by atoms with van der Waals surface area (Å²) in [4.78, 5) is 33.7. The van der Waals surface area contributed by atoms with Crippen LogP contribution in [0.25, 0.3) is 10.9 Å². The van der Waals surface area contributed by atoms with E-state index in [0.717, 1.165) is 41.4 Å². The summed E-state index contributed by atoms with van der Waals surface area (Å²) in [6.45, 7) is 2.89. The molecule has 0 unspecified atom stereocenters. The number of carbonyl (C=O) groups excluding carboxylic acids is 2. The quantitative estimate of drug-likeness (QED) is 0.228. The number of para-hydroxylation sites is 1. The number of halogens is 3. The van der Waals surface area contributed by atoms with Crippen LogP contribution in [0.3, 0.4) is 0 Å². The maximum absolute atomic E-state index is 13.6. The van der Waals surface area contributed by atoms with Crippen LogP contribution in [0.5, 0.6) is 0 Å². The largest absolute Gasteiger partial charge is 0.416 e. The molecule has 0 fully saturated rings. The van der Waals surface area contributed by atoms with Crippen LogP contribution in [0.1, 0.15) is 46.1 Å². The van der Waals surface area contributed by atoms with E-state index in [1.807, 2.05) is 42.8 Å². The molecule has 1 N–H and O–H groups in total. The number of fused-ring (bicyclic) bond motifs is 1. The minimum atomic E-state index is -4.43. The summed E-state index contributed by atoms with van der Waals surface area (Å²) in [5.74, 6) is -0.432. The van der Waals surface area contributed by atoms with Gasteiger partial charge in [-0.05, 0) is 53.6 Å². The van der Waals surface area contributed by atoms with Crippen LogP contribution in [0.15, 0.2) is 72.2 Å². The number of hydrogen-bond donors (Lipinski definition) is 1. The second kappa shape index (κ2) is 12.3. The van der Waals surface area contributed by atoms with Crippen molar-refractivity contribution in [3.8, 4) is 0 Å². The van der Waals surface area contributed by atoms with Gasteiger partial charge in [-0.25, -0.2) is 0 Å². The van der Waals surface area contributed by atoms with Crippen molar-refractivity contribution in [1.29, 1.82) is 0 Å². The number of aromatic amines is 1. The summed E-state index contributed by atoms with van der Waals surface area (Å²) >= 11 is 1.33. The number of benzene rings is 2. The number of carbonyl (C=O) groups is 2. The number of aromatic nitrogens is 1. The average molecular weight is 542 g/mol. The molecule has 0 bridgehead atoms. The molecule has 0 aliphatic heterocycles. The number of H-pyrrole nitrogens is 1. The third-order valence-electron chi connectivity index (χ3n) is 6.46. The lowest BCUT2D eigenvalue weighted by molar-refractivity contribution is -0.137. The minimum absolute atomic E-state index is 0.0920. The first-order valence-corrected chi connectivity index (χ1v) is 13.5. The lowest BCUT2D eigenvalue weighted by atomic mass is 10.1. The molecule has 0 atom stereocenters. The number of hydrogen-bond acceptors (Lipinski definition) is 3. The van der Waals surface area contributed by atoms with Gasteiger partial charge in [0.1, 0.15) is 6.54 Å². The predicted octanol–water partition coefficient (Wildman–Crippen LogP) is 6.76. The van der Waals surface area contributed by atoms with Crippen molar-refractivity contribution < 1.29 is 22.8 Å². The molecule has 38 heavy (non-hydrogen) atoms. The molecular weight excluding hydrogens is 511 g/mol. The molecule has 200 valence electrons. The van der Waals surface area contributed by atoms with Crippen molar-refractivity contribution >= 4 is 34.1 Å². The molecule has 0 saturated carbocycles. The molecule has 0 saturated heterocycles. The highest BCUT2D eigenvalue weighted by Gasteiger charge is 2.30. The number of alkyl halides is 3. The number of thiophene rings is 1. The Bertz CT molecular complexity index is 1350. The molecule has 0 aliphatic rings. The van der Waals surface area contributed by atoms with E-state index < -0.39 is 11.7 Å². The Balaban J connectivity index is 1.54. The Morgan fingerprint density at radius 1 is 0.947 bits per heavy atom. The van der Waals surface area contributed by atoms with Crippen molar-refractivity contribution in [2.75, 3.05) is 19.6 Å². The molecule has 9 heteroatoms. The maximum atomic E-state index is 13.6. The summed E-state index contributed by atoms with van der Waals surface area (Å²) in [5.41, 5.74) is 1.90. The Hall–Kier alpha value is -3.59. The highest BCUT2D eigenvalue weighted by Crippen LogP contribution is 2.29. The Morgan fingerprint density at radius 3 is 2.39 bits per heavy atom. The van der Waals surface area contributed by atoms with Gasteiger partial charge in [-0.2, -0.15) is 13.2 Å². The SMILES string of the molecule is CCCCN(CC(=O)N(CCc1c[nH]c2ccccc12)Cc1ccc(C(F)(F)F)cc1)C(=O)c1cccs1. The summed E-state index contributed by atoms with van der Waals surface area (Å²) in [5, 5.41) is 2.89. The first-order chi connectivity index (χ1) is 18.3. The van der Waals surface area contributed by atoms with Crippen LogP contribution in [0, 0.1) is 0 Å². The first-order valence-electron chi connectivity index (χ1n) is 12.6. The third kappa shape index (κ3) is 6.83. The van der Waals surface area contributed by atoms with Gasteiger partial charge in [0.15, 0.2) is 0 Å². The van der Waals surface area contributed by atoms with E-state index in [4.69, 9.17) is 0 Å². The monoisotopic (exact) mass is 541 g/mol. The van der Waals surface area contributed by atoms with E-state index in [1.165, 1.54) is 23.5 Å². The van der Waals surface area contributed by atoms with Crippen molar-refractivity contribution in [1.82, 2.24) is 14.8 Å². The number of nitrogens with one attached hydrogen (secondary N) is 1. The molecule has 2 amide bonds. The molecular formula is C29H30F3N3O2S. The van der Waals surface area contributed by atoms with Crippen LogP contribution in [-0.4, -0.2) is 46.2 Å². The summed E-state index contributed by atoms with van der Waals surface area (Å²) in [6.07, 6.45) is -0.314. The standard InChI is InChI=1S/C29H30F3N3O2S/c1-2-3-15-35(28(37)26-9-6-17-38-26)20-27(36)34(19-21-10-12-23(13-11-21)29(30,31)32)16-14-22-18-33-25-8-5-4-7-24(22)25/h4-13,17-18,33H,2-3,14-16,19-20H2,1H3. The molecule has 2 aromatic carbocycles. The zero-order valence-corrected chi connectivity index (χ0v) is 21.9. The summed E-state index contributed by atoms with van der Waals surface area (Å²) < 4.78 is 39.1. The Labute approximate surface area is 223 Å². The molecule has 4 aromatic rings. The molecule has 4 rings (SSSR count). The van der Waals surface area contributed by atoms with Gasteiger partial charge in [0.05, 0.1) is 10.4 Å². The van der Waals surface area contributed by atoms with Crippen LogP contribution in [0.4, 0.5) is 13.2 Å². The zero-order chi connectivity index (χ0) is 27.1. The second-order valence-corrected chi connectivity index (χ2v) is 10.1. The number of rotatable bonds is 11. The molecule has 2 heterocycles. The van der Waals surface area contributed by atoms with E-state index in [-0.39, 0.29) is 24.9 Å². The number of unbranched alkanes of at least 4 members (excludes halogenated alkanes) is 1. The third-order valence-corrected chi connectivity index (χ3v) is 7.32. The molecule has 5 nitrogen and oxygen atoms in total. The van der Waals surface area contributed by atoms with Crippen molar-refractivity contribution in [2.45, 2.75) is 38.9 Å². The van der Waals surface area contributed by atoms with Gasteiger partial charge in [-0.15, -0.1) is 11.3 Å². The van der Waals surface area contributed by atoms with Crippen molar-refractivity contribution in [3.63, 3.8) is 0 Å². The Morgan fingerprint density at radius 2 is 1.71 bits per heavy atom. The van der Waals surface area contributed by atoms with Crippen LogP contribution >= 0.6 is 11.3 Å². The fourth-order valence-corrected chi connectivity index (χ4v) is 5.02. The summed E-state index contributed by atoms with van der Waals surface area (Å²) in [7, 11) is 0. The maximum Gasteiger partial charge on any atom is 0.416 e. The van der Waals surface area contributed by atoms with Crippen molar-refractivity contribution in [2.24, 2.45) is 0 Å². The first kappa shape index (κ1) is 27.4. The second-order valence-electron chi connectivity index (χ2n) is 9.18. The molecule has 2 aromatic heterocycles. The van der Waals surface area contributed by atoms with Crippen molar-refractivity contribution in [3.05, 3.63) is 93.8 Å². The number of amides is 2. The lowest BCUT2D eigenvalue weighted by Crippen LogP contribution is -2.43. The highest BCUT2D eigenvalue weighted by molar-refractivity contribution is 7.12. The summed E-state index contributed by atoms with van der Waals surface area (Å²) in [6, 6.07) is 16.3. The fraction of sp³-hybridized carbons (Fsp3) is 0.310. The van der Waals surface area contributed by atoms with Gasteiger partial charge in [0, 0.05) is 36.7 Å². The van der Waals surface area contributed by atoms with Gasteiger partial charge in [0.25, 0.3) is 5.91 Å². The van der Waals surface area contributed by atoms with Gasteiger partial charge in [-0.3, -0.25) is 9.59 Å². The number of nitrogens with zero attached hydrogens (tertiary/aromatic N) is 2. The van der Waals surface area contributed by atoms with E-state index in [9.17, 15) is 22.8 Å². The van der Waals surface area contributed by atoms with E-state index in [0.29, 0.717) is 30.0 Å².